The van der Waals surface area contributed by atoms with Crippen molar-refractivity contribution in [2.75, 3.05) is 5.32 Å². The molecule has 2 amide bonds. The van der Waals surface area contributed by atoms with E-state index in [4.69, 9.17) is 17.3 Å². The summed E-state index contributed by atoms with van der Waals surface area (Å²) in [7, 11) is 0. The predicted octanol–water partition coefficient (Wildman–Crippen LogP) is 3.94. The number of benzene rings is 2. The maximum atomic E-state index is 12.5. The van der Waals surface area contributed by atoms with Crippen molar-refractivity contribution in [1.82, 2.24) is 4.98 Å². The number of aromatic nitrogens is 1. The Bertz CT molecular complexity index is 919. The van der Waals surface area contributed by atoms with E-state index in [2.05, 4.69) is 26.2 Å². The third-order valence-corrected chi connectivity index (χ3v) is 4.08. The van der Waals surface area contributed by atoms with Gasteiger partial charge in [0.05, 0.1) is 5.56 Å². The number of hydrogen-bond acceptors (Lipinski definition) is 2. The smallest absolute Gasteiger partial charge is 0.272 e. The quantitative estimate of drug-likeness (QED) is 0.630. The van der Waals surface area contributed by atoms with E-state index in [1.165, 1.54) is 0 Å². The fraction of sp³-hybridized carbons (Fsp3) is 0. The van der Waals surface area contributed by atoms with E-state index in [0.717, 1.165) is 4.47 Å². The largest absolute Gasteiger partial charge is 0.366 e. The molecule has 116 valence electrons. The number of rotatable bonds is 3. The number of fused-ring (bicyclic) bond motifs is 1. The van der Waals surface area contributed by atoms with E-state index in [9.17, 15) is 9.59 Å². The molecule has 0 radical (unpaired) electrons. The van der Waals surface area contributed by atoms with Gasteiger partial charge in [-0.15, -0.1) is 0 Å². The Morgan fingerprint density at radius 1 is 1.13 bits per heavy atom. The Morgan fingerprint density at radius 2 is 1.83 bits per heavy atom. The first-order chi connectivity index (χ1) is 11.0. The third-order valence-electron chi connectivity index (χ3n) is 3.34. The Morgan fingerprint density at radius 3 is 2.48 bits per heavy atom. The standard InChI is InChI=1S/C16H11BrClN3O2/c17-8-1-6-11-12(7-8)21-14(13(11)15(19)22)16(23)20-10-4-2-9(18)3-5-10/h1-7,21H,(H2,19,22)(H,20,23). The molecule has 1 aromatic heterocycles. The number of carbonyl (C=O) groups excluding carboxylic acids is 2. The van der Waals surface area contributed by atoms with E-state index in [1.807, 2.05) is 0 Å². The lowest BCUT2D eigenvalue weighted by molar-refractivity contribution is 0.0976. The molecular formula is C16H11BrClN3O2. The summed E-state index contributed by atoms with van der Waals surface area (Å²) in [5, 5.41) is 3.87. The number of amides is 2. The van der Waals surface area contributed by atoms with Crippen LogP contribution in [0.4, 0.5) is 5.69 Å². The zero-order valence-corrected chi connectivity index (χ0v) is 14.0. The number of hydrogen-bond donors (Lipinski definition) is 3. The fourth-order valence-corrected chi connectivity index (χ4v) is 2.81. The summed E-state index contributed by atoms with van der Waals surface area (Å²) in [5.41, 5.74) is 6.95. The molecule has 0 unspecified atom stereocenters. The van der Waals surface area contributed by atoms with Crippen LogP contribution < -0.4 is 11.1 Å². The average Bonchev–Trinajstić information content (AvgIpc) is 2.88. The summed E-state index contributed by atoms with van der Waals surface area (Å²) in [4.78, 5) is 27.2. The van der Waals surface area contributed by atoms with Gasteiger partial charge >= 0.3 is 0 Å². The highest BCUT2D eigenvalue weighted by atomic mass is 79.9. The number of nitrogens with one attached hydrogen (secondary N) is 2. The molecule has 1 heterocycles. The van der Waals surface area contributed by atoms with Gasteiger partial charge in [-0.1, -0.05) is 33.6 Å². The fourth-order valence-electron chi connectivity index (χ4n) is 2.32. The van der Waals surface area contributed by atoms with Gasteiger partial charge in [-0.25, -0.2) is 0 Å². The second kappa shape index (κ2) is 6.06. The van der Waals surface area contributed by atoms with Gasteiger partial charge < -0.3 is 16.0 Å². The number of carbonyl (C=O) groups is 2. The van der Waals surface area contributed by atoms with Crippen molar-refractivity contribution in [3.63, 3.8) is 0 Å². The highest BCUT2D eigenvalue weighted by molar-refractivity contribution is 9.10. The molecule has 0 saturated heterocycles. The SMILES string of the molecule is NC(=O)c1c(C(=O)Nc2ccc(Cl)cc2)[nH]c2cc(Br)ccc12. The van der Waals surface area contributed by atoms with Crippen molar-refractivity contribution >= 4 is 55.9 Å². The van der Waals surface area contributed by atoms with E-state index < -0.39 is 11.8 Å². The Labute approximate surface area is 144 Å². The number of primary amides is 1. The van der Waals surface area contributed by atoms with Crippen LogP contribution in [0.3, 0.4) is 0 Å². The lowest BCUT2D eigenvalue weighted by Crippen LogP contribution is -2.19. The molecule has 0 fully saturated rings. The number of nitrogens with two attached hydrogens (primary N) is 1. The molecule has 23 heavy (non-hydrogen) atoms. The van der Waals surface area contributed by atoms with E-state index in [-0.39, 0.29) is 11.3 Å². The molecule has 0 saturated carbocycles. The second-order valence-electron chi connectivity index (χ2n) is 4.89. The molecule has 4 N–H and O–H groups in total. The van der Waals surface area contributed by atoms with Crippen LogP contribution in [0.15, 0.2) is 46.9 Å². The second-order valence-corrected chi connectivity index (χ2v) is 6.24. The third kappa shape index (κ3) is 3.09. The van der Waals surface area contributed by atoms with Crippen LogP contribution in [-0.4, -0.2) is 16.8 Å². The van der Waals surface area contributed by atoms with Gasteiger partial charge in [-0.05, 0) is 36.4 Å². The van der Waals surface area contributed by atoms with Crippen molar-refractivity contribution < 1.29 is 9.59 Å². The van der Waals surface area contributed by atoms with Gasteiger partial charge in [0.1, 0.15) is 5.69 Å². The summed E-state index contributed by atoms with van der Waals surface area (Å²) in [6, 6.07) is 12.0. The molecule has 0 bridgehead atoms. The number of aromatic amines is 1. The summed E-state index contributed by atoms with van der Waals surface area (Å²) < 4.78 is 0.826. The topological polar surface area (TPSA) is 88.0 Å². The zero-order chi connectivity index (χ0) is 16.6. The normalized spacial score (nSPS) is 10.7. The Hall–Kier alpha value is -2.31. The van der Waals surface area contributed by atoms with Crippen LogP contribution >= 0.6 is 27.5 Å². The highest BCUT2D eigenvalue weighted by Crippen LogP contribution is 2.26. The minimum atomic E-state index is -0.667. The minimum Gasteiger partial charge on any atom is -0.366 e. The minimum absolute atomic E-state index is 0.126. The van der Waals surface area contributed by atoms with Crippen LogP contribution in [0.2, 0.25) is 5.02 Å². The molecule has 0 aliphatic heterocycles. The summed E-state index contributed by atoms with van der Waals surface area (Å²) in [6.45, 7) is 0. The van der Waals surface area contributed by atoms with Crippen molar-refractivity contribution in [3.05, 3.63) is 63.2 Å². The lowest BCUT2D eigenvalue weighted by atomic mass is 10.1. The van der Waals surface area contributed by atoms with Gasteiger partial charge in [0.25, 0.3) is 11.8 Å². The molecule has 3 aromatic rings. The van der Waals surface area contributed by atoms with Crippen molar-refractivity contribution in [1.29, 1.82) is 0 Å². The predicted molar refractivity (Wildman–Crippen MR) is 93.9 cm³/mol. The molecule has 0 spiro atoms. The molecular weight excluding hydrogens is 382 g/mol. The molecule has 0 aliphatic rings. The first-order valence-corrected chi connectivity index (χ1v) is 7.81. The molecule has 2 aromatic carbocycles. The van der Waals surface area contributed by atoms with Crippen molar-refractivity contribution in [2.45, 2.75) is 0 Å². The average molecular weight is 393 g/mol. The van der Waals surface area contributed by atoms with Crippen LogP contribution in [0.25, 0.3) is 10.9 Å². The van der Waals surface area contributed by atoms with Gasteiger partial charge in [-0.2, -0.15) is 0 Å². The van der Waals surface area contributed by atoms with Crippen LogP contribution in [0, 0.1) is 0 Å². The lowest BCUT2D eigenvalue weighted by Gasteiger charge is -2.05. The van der Waals surface area contributed by atoms with E-state index in [1.54, 1.807) is 42.5 Å². The molecule has 5 nitrogen and oxygen atoms in total. The summed E-state index contributed by atoms with van der Waals surface area (Å²) in [6.07, 6.45) is 0. The summed E-state index contributed by atoms with van der Waals surface area (Å²) in [5.74, 6) is -1.12. The van der Waals surface area contributed by atoms with Gasteiger partial charge in [0.15, 0.2) is 0 Å². The van der Waals surface area contributed by atoms with Crippen molar-refractivity contribution in [2.24, 2.45) is 5.73 Å². The van der Waals surface area contributed by atoms with Crippen LogP contribution in [0.1, 0.15) is 20.8 Å². The Balaban J connectivity index is 2.04. The zero-order valence-electron chi connectivity index (χ0n) is 11.7. The van der Waals surface area contributed by atoms with E-state index in [0.29, 0.717) is 21.6 Å². The van der Waals surface area contributed by atoms with Crippen LogP contribution in [-0.2, 0) is 0 Å². The number of anilines is 1. The maximum absolute atomic E-state index is 12.5. The first-order valence-electron chi connectivity index (χ1n) is 6.63. The monoisotopic (exact) mass is 391 g/mol. The molecule has 0 aliphatic carbocycles. The first kappa shape index (κ1) is 15.6. The molecule has 3 rings (SSSR count). The maximum Gasteiger partial charge on any atom is 0.272 e. The van der Waals surface area contributed by atoms with E-state index >= 15 is 0 Å². The molecule has 0 atom stereocenters. The van der Waals surface area contributed by atoms with Gasteiger partial charge in [0.2, 0.25) is 0 Å². The Kier molecular flexibility index (Phi) is 4.11. The van der Waals surface area contributed by atoms with Crippen molar-refractivity contribution in [3.8, 4) is 0 Å². The molecule has 7 heteroatoms. The highest BCUT2D eigenvalue weighted by Gasteiger charge is 2.21. The van der Waals surface area contributed by atoms with Gasteiger partial charge in [-0.3, -0.25) is 9.59 Å². The van der Waals surface area contributed by atoms with Crippen LogP contribution in [0.5, 0.6) is 0 Å². The number of halogens is 2. The van der Waals surface area contributed by atoms with Gasteiger partial charge in [0, 0.05) is 26.1 Å². The summed E-state index contributed by atoms with van der Waals surface area (Å²) >= 11 is 9.17. The number of H-pyrrole nitrogens is 1.